The fourth-order valence-electron chi connectivity index (χ4n) is 3.36. The summed E-state index contributed by atoms with van der Waals surface area (Å²) in [5, 5.41) is 0. The van der Waals surface area contributed by atoms with Gasteiger partial charge in [-0.1, -0.05) is 70.4 Å². The predicted octanol–water partition coefficient (Wildman–Crippen LogP) is 7.23. The quantitative estimate of drug-likeness (QED) is 0.284. The van der Waals surface area contributed by atoms with E-state index in [0.717, 1.165) is 30.6 Å². The molecule has 0 bridgehead atoms. The van der Waals surface area contributed by atoms with E-state index >= 15 is 0 Å². The van der Waals surface area contributed by atoms with Crippen LogP contribution >= 0.6 is 0 Å². The molecule has 0 unspecified atom stereocenters. The summed E-state index contributed by atoms with van der Waals surface area (Å²) in [4.78, 5) is 2.50. The van der Waals surface area contributed by atoms with Gasteiger partial charge >= 0.3 is 0 Å². The van der Waals surface area contributed by atoms with Crippen molar-refractivity contribution in [2.75, 3.05) is 18.0 Å². The van der Waals surface area contributed by atoms with E-state index in [1.54, 1.807) is 0 Å². The van der Waals surface area contributed by atoms with Gasteiger partial charge < -0.3 is 4.90 Å². The minimum atomic E-state index is 1.02. The molecule has 0 spiro atoms. The number of anilines is 1. The third-order valence-electron chi connectivity index (χ3n) is 5.29. The highest BCUT2D eigenvalue weighted by Crippen LogP contribution is 2.17. The van der Waals surface area contributed by atoms with Crippen molar-refractivity contribution in [1.29, 1.82) is 0 Å². The second-order valence-electron chi connectivity index (χ2n) is 7.90. The van der Waals surface area contributed by atoms with Crippen LogP contribution in [0.15, 0.2) is 48.5 Å². The van der Waals surface area contributed by atoms with Crippen molar-refractivity contribution in [3.8, 4) is 23.7 Å². The van der Waals surface area contributed by atoms with E-state index in [2.05, 4.69) is 97.9 Å². The van der Waals surface area contributed by atoms with Crippen LogP contribution in [0.5, 0.6) is 0 Å². The molecule has 2 rings (SSSR count). The monoisotopic (exact) mass is 399 g/mol. The fourth-order valence-corrected chi connectivity index (χ4v) is 3.36. The van der Waals surface area contributed by atoms with Gasteiger partial charge in [0.25, 0.3) is 0 Å². The summed E-state index contributed by atoms with van der Waals surface area (Å²) in [6.07, 6.45) is 9.92. The Morgan fingerprint density at radius 1 is 0.600 bits per heavy atom. The Bertz CT molecular complexity index is 830. The second-order valence-corrected chi connectivity index (χ2v) is 7.90. The molecule has 0 aliphatic heterocycles. The maximum absolute atomic E-state index is 3.17. The second kappa shape index (κ2) is 14.4. The van der Waals surface area contributed by atoms with Gasteiger partial charge in [-0.05, 0) is 79.5 Å². The van der Waals surface area contributed by atoms with Gasteiger partial charge in [-0.25, -0.2) is 0 Å². The van der Waals surface area contributed by atoms with Gasteiger partial charge in [0.1, 0.15) is 0 Å². The average Bonchev–Trinajstić information content (AvgIpc) is 2.78. The number of nitrogens with zero attached hydrogens (tertiary/aromatic N) is 1. The van der Waals surface area contributed by atoms with E-state index in [1.807, 2.05) is 0 Å². The van der Waals surface area contributed by atoms with Crippen LogP contribution in [-0.2, 0) is 6.42 Å². The van der Waals surface area contributed by atoms with Crippen molar-refractivity contribution in [3.05, 3.63) is 65.2 Å². The first-order valence-electron chi connectivity index (χ1n) is 11.7. The van der Waals surface area contributed by atoms with Crippen molar-refractivity contribution in [2.45, 2.75) is 72.1 Å². The van der Waals surface area contributed by atoms with Crippen LogP contribution in [0.1, 0.15) is 82.4 Å². The average molecular weight is 400 g/mol. The van der Waals surface area contributed by atoms with Gasteiger partial charge in [0.05, 0.1) is 0 Å². The Morgan fingerprint density at radius 3 is 1.60 bits per heavy atom. The third-order valence-corrected chi connectivity index (χ3v) is 5.29. The number of benzene rings is 2. The molecule has 0 aliphatic carbocycles. The molecule has 0 radical (unpaired) electrons. The summed E-state index contributed by atoms with van der Waals surface area (Å²) >= 11 is 0. The predicted molar refractivity (Wildman–Crippen MR) is 132 cm³/mol. The number of hydrogen-bond acceptors (Lipinski definition) is 1. The molecule has 0 saturated carbocycles. The lowest BCUT2D eigenvalue weighted by Crippen LogP contribution is -2.25. The zero-order chi connectivity index (χ0) is 21.4. The third kappa shape index (κ3) is 8.80. The molecule has 0 aromatic heterocycles. The summed E-state index contributed by atoms with van der Waals surface area (Å²) in [6, 6.07) is 17.2. The Hall–Kier alpha value is -2.64. The molecule has 0 heterocycles. The van der Waals surface area contributed by atoms with Crippen LogP contribution in [0.3, 0.4) is 0 Å². The molecule has 30 heavy (non-hydrogen) atoms. The lowest BCUT2D eigenvalue weighted by atomic mass is 10.1. The zero-order valence-corrected chi connectivity index (χ0v) is 19.1. The first kappa shape index (κ1) is 23.6. The summed E-state index contributed by atoms with van der Waals surface area (Å²) < 4.78 is 0. The maximum atomic E-state index is 3.17. The first-order valence-corrected chi connectivity index (χ1v) is 11.7. The number of unbranched alkanes of at least 4 members (excludes halogenated alkanes) is 4. The molecule has 0 N–H and O–H groups in total. The van der Waals surface area contributed by atoms with Crippen LogP contribution in [-0.4, -0.2) is 13.1 Å². The van der Waals surface area contributed by atoms with Crippen molar-refractivity contribution in [2.24, 2.45) is 0 Å². The summed E-state index contributed by atoms with van der Waals surface area (Å²) in [5.41, 5.74) is 4.74. The van der Waals surface area contributed by atoms with E-state index in [-0.39, 0.29) is 0 Å². The maximum Gasteiger partial charge on any atom is 0.0367 e. The Morgan fingerprint density at radius 2 is 1.10 bits per heavy atom. The lowest BCUT2D eigenvalue weighted by Gasteiger charge is -2.24. The zero-order valence-electron chi connectivity index (χ0n) is 19.1. The summed E-state index contributed by atoms with van der Waals surface area (Å²) in [6.45, 7) is 9.00. The van der Waals surface area contributed by atoms with Gasteiger partial charge in [0.15, 0.2) is 0 Å². The topological polar surface area (TPSA) is 3.24 Å². The highest BCUT2D eigenvalue weighted by Gasteiger charge is 2.05. The normalized spacial score (nSPS) is 9.97. The Balaban J connectivity index is 1.93. The molecule has 2 aromatic carbocycles. The highest BCUT2D eigenvalue weighted by atomic mass is 15.1. The Labute approximate surface area is 184 Å². The van der Waals surface area contributed by atoms with Crippen molar-refractivity contribution >= 4 is 5.69 Å². The molecule has 0 atom stereocenters. The van der Waals surface area contributed by atoms with Crippen LogP contribution < -0.4 is 4.90 Å². The van der Waals surface area contributed by atoms with E-state index in [1.165, 1.54) is 56.2 Å². The Kier molecular flexibility index (Phi) is 11.3. The van der Waals surface area contributed by atoms with Gasteiger partial charge in [-0.2, -0.15) is 0 Å². The number of rotatable bonds is 11. The minimum Gasteiger partial charge on any atom is -0.372 e. The van der Waals surface area contributed by atoms with Crippen LogP contribution in [0, 0.1) is 23.7 Å². The smallest absolute Gasteiger partial charge is 0.0367 e. The van der Waals surface area contributed by atoms with Gasteiger partial charge in [0.2, 0.25) is 0 Å². The van der Waals surface area contributed by atoms with Gasteiger partial charge in [0, 0.05) is 29.9 Å². The van der Waals surface area contributed by atoms with Gasteiger partial charge in [-0.3, -0.25) is 0 Å². The highest BCUT2D eigenvalue weighted by molar-refractivity contribution is 5.52. The molecule has 0 aliphatic rings. The van der Waals surface area contributed by atoms with Crippen LogP contribution in [0.2, 0.25) is 0 Å². The molecule has 158 valence electrons. The molecule has 1 heteroatoms. The van der Waals surface area contributed by atoms with Crippen LogP contribution in [0.25, 0.3) is 0 Å². The van der Waals surface area contributed by atoms with Crippen molar-refractivity contribution in [1.82, 2.24) is 0 Å². The number of aryl methyl sites for hydroxylation is 1. The van der Waals surface area contributed by atoms with Crippen molar-refractivity contribution < 1.29 is 0 Å². The van der Waals surface area contributed by atoms with Crippen LogP contribution in [0.4, 0.5) is 5.69 Å². The fraction of sp³-hybridized carbons (Fsp3) is 0.448. The molecule has 0 saturated heterocycles. The molecular weight excluding hydrogens is 362 g/mol. The molecular formula is C29H37N. The van der Waals surface area contributed by atoms with Crippen molar-refractivity contribution in [3.63, 3.8) is 0 Å². The SMILES string of the molecule is CCCCCc1ccc(C#CC#Cc2ccc(N(CCCC)CCCC)cc2)cc1. The van der Waals surface area contributed by atoms with E-state index in [4.69, 9.17) is 0 Å². The molecule has 1 nitrogen and oxygen atoms in total. The standard InChI is InChI=1S/C29H37N/c1-4-7-10-13-26-16-18-27(19-17-26)14-11-12-15-28-20-22-29(23-21-28)30(24-8-5-2)25-9-6-3/h16-23H,4-10,13,24-25H2,1-3H3. The molecule has 2 aromatic rings. The number of hydrogen-bond donors (Lipinski definition) is 0. The van der Waals surface area contributed by atoms with E-state index in [0.29, 0.717) is 0 Å². The minimum absolute atomic E-state index is 1.02. The molecule has 0 amide bonds. The van der Waals surface area contributed by atoms with E-state index < -0.39 is 0 Å². The summed E-state index contributed by atoms with van der Waals surface area (Å²) in [5.74, 6) is 12.3. The van der Waals surface area contributed by atoms with Gasteiger partial charge in [-0.15, -0.1) is 0 Å². The first-order chi connectivity index (χ1) is 14.8. The lowest BCUT2D eigenvalue weighted by molar-refractivity contribution is 0.678. The molecule has 0 fully saturated rings. The largest absolute Gasteiger partial charge is 0.372 e. The van der Waals surface area contributed by atoms with E-state index in [9.17, 15) is 0 Å². The summed E-state index contributed by atoms with van der Waals surface area (Å²) in [7, 11) is 0.